The van der Waals surface area contributed by atoms with Crippen molar-refractivity contribution in [3.8, 4) is 11.1 Å². The maximum absolute atomic E-state index is 13.8. The second-order valence-electron chi connectivity index (χ2n) is 14.3. The highest BCUT2D eigenvalue weighted by Gasteiger charge is 2.51. The molecule has 15 nitrogen and oxygen atoms in total. The van der Waals surface area contributed by atoms with Crippen molar-refractivity contribution in [3.63, 3.8) is 0 Å². The van der Waals surface area contributed by atoms with Crippen LogP contribution in [-0.4, -0.2) is 116 Å². The monoisotopic (exact) mass is 898 g/mol. The Kier molecular flexibility index (Phi) is 14.2. The number of alkyl halides is 6. The number of urea groups is 1. The largest absolute Gasteiger partial charge is 0.416 e. The van der Waals surface area contributed by atoms with Crippen molar-refractivity contribution < 1.29 is 79.0 Å². The number of halogens is 6. The molecule has 8 N–H and O–H groups in total. The second-order valence-corrected chi connectivity index (χ2v) is 16.0. The minimum Gasteiger partial charge on any atom is -0.394 e. The van der Waals surface area contributed by atoms with E-state index in [1.807, 2.05) is 30.3 Å². The Labute approximate surface area is 349 Å². The Morgan fingerprint density at radius 3 is 1.97 bits per heavy atom. The first-order chi connectivity index (χ1) is 29.3. The number of carbonyl (C=O) groups is 2. The minimum atomic E-state index is -4.93. The molecule has 2 saturated heterocycles. The van der Waals surface area contributed by atoms with Crippen molar-refractivity contribution in [2.75, 3.05) is 25.1 Å². The molecule has 62 heavy (non-hydrogen) atoms. The van der Waals surface area contributed by atoms with Gasteiger partial charge in [0.2, 0.25) is 10.0 Å². The molecule has 0 bridgehead atoms. The van der Waals surface area contributed by atoms with Crippen molar-refractivity contribution in [1.82, 2.24) is 15.4 Å². The number of ether oxygens (including phenoxy) is 3. The molecule has 334 valence electrons. The summed E-state index contributed by atoms with van der Waals surface area (Å²) in [4.78, 5) is 26.2. The maximum atomic E-state index is 13.8. The van der Waals surface area contributed by atoms with Crippen LogP contribution in [-0.2, 0) is 36.6 Å². The maximum Gasteiger partial charge on any atom is 0.416 e. The molecule has 9 atom stereocenters. The number of amides is 3. The Morgan fingerprint density at radius 1 is 0.726 bits per heavy atom. The third-order valence-corrected chi connectivity index (χ3v) is 11.6. The van der Waals surface area contributed by atoms with Crippen LogP contribution in [0.15, 0.2) is 108 Å². The third kappa shape index (κ3) is 10.9. The van der Waals surface area contributed by atoms with Gasteiger partial charge >= 0.3 is 18.4 Å². The fourth-order valence-electron chi connectivity index (χ4n) is 6.89. The molecule has 2 aliphatic rings. The van der Waals surface area contributed by atoms with Gasteiger partial charge in [0.1, 0.15) is 36.6 Å². The highest BCUT2D eigenvalue weighted by atomic mass is 32.2. The molecule has 0 unspecified atom stereocenters. The first-order valence-corrected chi connectivity index (χ1v) is 20.2. The number of aliphatic hydroxyl groups is 4. The summed E-state index contributed by atoms with van der Waals surface area (Å²) < 4.78 is 128. The summed E-state index contributed by atoms with van der Waals surface area (Å²) in [6.07, 6.45) is -20.5. The zero-order valence-electron chi connectivity index (χ0n) is 32.0. The molecular weight excluding hydrogens is 859 g/mol. The Morgan fingerprint density at radius 2 is 1.34 bits per heavy atom. The van der Waals surface area contributed by atoms with E-state index >= 15 is 0 Å². The lowest BCUT2D eigenvalue weighted by Crippen LogP contribution is -2.70. The lowest BCUT2D eigenvalue weighted by molar-refractivity contribution is -0.293. The molecule has 2 fully saturated rings. The van der Waals surface area contributed by atoms with E-state index in [-0.39, 0.29) is 11.3 Å². The van der Waals surface area contributed by atoms with Crippen LogP contribution >= 0.6 is 0 Å². The lowest BCUT2D eigenvalue weighted by Gasteiger charge is -2.47. The highest BCUT2D eigenvalue weighted by molar-refractivity contribution is 7.89. The normalized spacial score (nSPS) is 25.7. The molecule has 2 heterocycles. The topological polar surface area (TPSA) is 225 Å². The summed E-state index contributed by atoms with van der Waals surface area (Å²) in [5.74, 6) is -0.810. The summed E-state index contributed by atoms with van der Waals surface area (Å²) in [6.45, 7) is -2.46. The summed E-state index contributed by atoms with van der Waals surface area (Å²) in [7, 11) is -4.91. The van der Waals surface area contributed by atoms with Gasteiger partial charge in [0.05, 0.1) is 47.9 Å². The Hall–Kier alpha value is -5.17. The molecule has 0 aliphatic carbocycles. The summed E-state index contributed by atoms with van der Waals surface area (Å²) >= 11 is 0. The zero-order valence-corrected chi connectivity index (χ0v) is 32.8. The van der Waals surface area contributed by atoms with Crippen molar-refractivity contribution in [3.05, 3.63) is 120 Å². The predicted octanol–water partition coefficient (Wildman–Crippen LogP) is 3.24. The van der Waals surface area contributed by atoms with Crippen molar-refractivity contribution in [2.24, 2.45) is 0 Å². The molecule has 4 aromatic carbocycles. The van der Waals surface area contributed by atoms with Gasteiger partial charge in [0.25, 0.3) is 5.91 Å². The molecule has 0 radical (unpaired) electrons. The average Bonchev–Trinajstić information content (AvgIpc) is 3.24. The number of rotatable bonds is 12. The fourth-order valence-corrected chi connectivity index (χ4v) is 8.17. The van der Waals surface area contributed by atoms with Crippen LogP contribution in [0.25, 0.3) is 11.1 Å². The van der Waals surface area contributed by atoms with Gasteiger partial charge in [-0.1, -0.05) is 54.6 Å². The molecule has 22 heteroatoms. The van der Waals surface area contributed by atoms with E-state index in [2.05, 4.69) is 20.7 Å². The van der Waals surface area contributed by atoms with Crippen LogP contribution < -0.4 is 20.7 Å². The summed E-state index contributed by atoms with van der Waals surface area (Å²) in [6, 6.07) is 15.2. The van der Waals surface area contributed by atoms with Crippen molar-refractivity contribution in [2.45, 2.75) is 72.2 Å². The van der Waals surface area contributed by atoms with E-state index in [1.54, 1.807) is 12.1 Å². The highest BCUT2D eigenvalue weighted by Crippen LogP contribution is 2.33. The first kappa shape index (κ1) is 46.3. The number of hydrogen-bond donors (Lipinski definition) is 8. The van der Waals surface area contributed by atoms with E-state index < -0.39 is 125 Å². The van der Waals surface area contributed by atoms with Gasteiger partial charge in [0, 0.05) is 11.3 Å². The van der Waals surface area contributed by atoms with Crippen LogP contribution in [0.5, 0.6) is 0 Å². The van der Waals surface area contributed by atoms with Crippen molar-refractivity contribution in [1.29, 1.82) is 0 Å². The van der Waals surface area contributed by atoms with E-state index in [4.69, 9.17) is 14.2 Å². The number of aliphatic hydroxyl groups excluding tert-OH is 4. The van der Waals surface area contributed by atoms with Gasteiger partial charge in [-0.25, -0.2) is 17.9 Å². The Bertz CT molecular complexity index is 2290. The van der Waals surface area contributed by atoms with E-state index in [1.165, 1.54) is 12.1 Å². The first-order valence-electron chi connectivity index (χ1n) is 18.7. The number of hydrogen-bond acceptors (Lipinski definition) is 11. The standard InChI is InChI=1S/C40H40F6N4O11S/c41-39(42,43)24-8-4-10-26(16-24)47-38(56)49-32-34(54)33(53)30(19-52)60-37(32)61-35-28(50-62(57,58)27-11-5-9-25(17-27)40(44,45)46)20-59-29(18-51)31(35)48-36(55)23-14-12-22(13-15-23)21-6-2-1-3-7-21/h1-17,28-35,37,50-54H,18-20H2,(H,48,55)(H2,47,49,56)/t28-,29+,30+,31-,32+,33+,34+,35+,37-/m0/s1. The molecule has 2 aliphatic heterocycles. The third-order valence-electron chi connectivity index (χ3n) is 10.1. The number of anilines is 1. The van der Waals surface area contributed by atoms with Crippen LogP contribution in [0.3, 0.4) is 0 Å². The fraction of sp³-hybridized carbons (Fsp3) is 0.350. The van der Waals surface area contributed by atoms with Gasteiger partial charge in [-0.2, -0.15) is 26.3 Å². The SMILES string of the molecule is O=C(Nc1cccc(C(F)(F)F)c1)N[C@H]1[C@H](O[C@H]2[C@@H](NC(=O)c3ccc(-c4ccccc4)cc3)[C@@H](CO)OC[C@@H]2NS(=O)(=O)c2cccc(C(F)(F)F)c2)O[C@H](CO)[C@@H](O)[C@@H]1O. The van der Waals surface area contributed by atoms with E-state index in [0.717, 1.165) is 41.5 Å². The molecule has 0 saturated carbocycles. The van der Waals surface area contributed by atoms with Gasteiger partial charge in [-0.3, -0.25) is 4.79 Å². The molecule has 3 amide bonds. The molecule has 6 rings (SSSR count). The lowest BCUT2D eigenvalue weighted by atomic mass is 9.93. The smallest absolute Gasteiger partial charge is 0.394 e. The van der Waals surface area contributed by atoms with Gasteiger partial charge in [-0.05, 0) is 59.7 Å². The average molecular weight is 899 g/mol. The summed E-state index contributed by atoms with van der Waals surface area (Å²) in [5.41, 5.74) is -1.13. The summed E-state index contributed by atoms with van der Waals surface area (Å²) in [5, 5.41) is 49.4. The Balaban J connectivity index is 1.34. The van der Waals surface area contributed by atoms with Gasteiger partial charge in [-0.15, -0.1) is 0 Å². The molecule has 0 spiro atoms. The van der Waals surface area contributed by atoms with Crippen LogP contribution in [0.4, 0.5) is 36.8 Å². The quantitative estimate of drug-likeness (QED) is 0.0965. The van der Waals surface area contributed by atoms with Crippen LogP contribution in [0, 0.1) is 0 Å². The van der Waals surface area contributed by atoms with Gasteiger partial charge in [0.15, 0.2) is 6.29 Å². The number of nitrogens with one attached hydrogen (secondary N) is 4. The van der Waals surface area contributed by atoms with E-state index in [0.29, 0.717) is 18.2 Å². The molecule has 4 aromatic rings. The number of benzene rings is 4. The number of sulfonamides is 1. The van der Waals surface area contributed by atoms with Crippen LogP contribution in [0.2, 0.25) is 0 Å². The molecule has 0 aromatic heterocycles. The van der Waals surface area contributed by atoms with E-state index in [9.17, 15) is 64.8 Å². The second kappa shape index (κ2) is 19.1. The van der Waals surface area contributed by atoms with Crippen LogP contribution in [0.1, 0.15) is 21.5 Å². The minimum absolute atomic E-state index is 0.0606. The predicted molar refractivity (Wildman–Crippen MR) is 206 cm³/mol. The van der Waals surface area contributed by atoms with Crippen molar-refractivity contribution >= 4 is 27.6 Å². The number of carbonyl (C=O) groups excluding carboxylic acids is 2. The zero-order chi connectivity index (χ0) is 45.0. The van der Waals surface area contributed by atoms with Gasteiger partial charge < -0.3 is 50.6 Å². The molecular formula is C40H40F6N4O11S.